The fourth-order valence-electron chi connectivity index (χ4n) is 1.19. The second kappa shape index (κ2) is 6.89. The topological polar surface area (TPSA) is 9.23 Å². The minimum Gasteiger partial charge on any atom is -0.493 e. The van der Waals surface area contributed by atoms with Gasteiger partial charge in [0.2, 0.25) is 0 Å². The highest BCUT2D eigenvalue weighted by atomic mass is 19.1. The minimum absolute atomic E-state index is 0.260. The van der Waals surface area contributed by atoms with Crippen LogP contribution in [0.15, 0.2) is 24.3 Å². The van der Waals surface area contributed by atoms with Crippen LogP contribution in [0.5, 0.6) is 5.75 Å². The summed E-state index contributed by atoms with van der Waals surface area (Å²) < 4.78 is 18.1. The number of benzene rings is 1. The highest BCUT2D eigenvalue weighted by Crippen LogP contribution is 2.12. The summed E-state index contributed by atoms with van der Waals surface area (Å²) in [5, 5.41) is 0. The molecule has 0 atom stereocenters. The van der Waals surface area contributed by atoms with Crippen LogP contribution < -0.4 is 4.74 Å². The van der Waals surface area contributed by atoms with Crippen LogP contribution in [0.2, 0.25) is 0 Å². The zero-order valence-electron chi connectivity index (χ0n) is 8.92. The molecule has 0 spiro atoms. The third kappa shape index (κ3) is 5.07. The van der Waals surface area contributed by atoms with Gasteiger partial charge in [0, 0.05) is 12.5 Å². The van der Waals surface area contributed by atoms with Gasteiger partial charge < -0.3 is 4.74 Å². The summed E-state index contributed by atoms with van der Waals surface area (Å²) in [6.07, 6.45) is 2.88. The van der Waals surface area contributed by atoms with Crippen molar-refractivity contribution in [2.75, 3.05) is 6.61 Å². The normalized spacial score (nSPS) is 9.20. The molecule has 1 rings (SSSR count). The number of unbranched alkanes of at least 4 members (excludes halogenated alkanes) is 2. The number of hydrogen-bond donors (Lipinski definition) is 0. The van der Waals surface area contributed by atoms with Crippen molar-refractivity contribution in [3.05, 3.63) is 30.1 Å². The van der Waals surface area contributed by atoms with Crippen LogP contribution in [-0.4, -0.2) is 6.61 Å². The first-order valence-electron chi connectivity index (χ1n) is 5.11. The van der Waals surface area contributed by atoms with Gasteiger partial charge in [-0.15, -0.1) is 11.8 Å². The molecule has 0 aliphatic carbocycles. The molecule has 0 N–H and O–H groups in total. The average molecular weight is 206 g/mol. The molecule has 1 nitrogen and oxygen atoms in total. The van der Waals surface area contributed by atoms with Gasteiger partial charge in [-0.1, -0.05) is 6.07 Å². The maximum Gasteiger partial charge on any atom is 0.126 e. The molecule has 1 aromatic rings. The molecule has 0 saturated heterocycles. The molecule has 0 amide bonds. The van der Waals surface area contributed by atoms with Gasteiger partial charge in [-0.25, -0.2) is 4.39 Å². The van der Waals surface area contributed by atoms with E-state index in [0.29, 0.717) is 12.4 Å². The summed E-state index contributed by atoms with van der Waals surface area (Å²) in [6.45, 7) is 2.46. The smallest absolute Gasteiger partial charge is 0.126 e. The first-order chi connectivity index (χ1) is 7.33. The summed E-state index contributed by atoms with van der Waals surface area (Å²) in [7, 11) is 0. The summed E-state index contributed by atoms with van der Waals surface area (Å²) in [6, 6.07) is 6.21. The average Bonchev–Trinajstić information content (AvgIpc) is 2.23. The third-order valence-electron chi connectivity index (χ3n) is 1.94. The fourth-order valence-corrected chi connectivity index (χ4v) is 1.19. The highest BCUT2D eigenvalue weighted by Gasteiger charge is 1.95. The van der Waals surface area contributed by atoms with Gasteiger partial charge in [0.25, 0.3) is 0 Å². The molecule has 2 heteroatoms. The molecular weight excluding hydrogens is 191 g/mol. The van der Waals surface area contributed by atoms with Gasteiger partial charge >= 0.3 is 0 Å². The standard InChI is InChI=1S/C13H15FO/c1-2-3-4-5-6-10-15-13-9-7-8-12(14)11-13/h7-9,11H,4-6,10H2,1H3. The molecule has 0 radical (unpaired) electrons. The largest absolute Gasteiger partial charge is 0.493 e. The van der Waals surface area contributed by atoms with Crippen molar-refractivity contribution in [2.45, 2.75) is 26.2 Å². The number of halogens is 1. The molecule has 0 aromatic heterocycles. The molecule has 0 fully saturated rings. The maximum absolute atomic E-state index is 12.7. The monoisotopic (exact) mass is 206 g/mol. The van der Waals surface area contributed by atoms with E-state index in [-0.39, 0.29) is 5.82 Å². The van der Waals surface area contributed by atoms with Crippen molar-refractivity contribution in [1.82, 2.24) is 0 Å². The van der Waals surface area contributed by atoms with Gasteiger partial charge in [0.15, 0.2) is 0 Å². The van der Waals surface area contributed by atoms with Crippen LogP contribution in [0.1, 0.15) is 26.2 Å². The van der Waals surface area contributed by atoms with Crippen LogP contribution in [0.25, 0.3) is 0 Å². The minimum atomic E-state index is -0.260. The lowest BCUT2D eigenvalue weighted by Crippen LogP contribution is -1.97. The predicted molar refractivity (Wildman–Crippen MR) is 59.2 cm³/mol. The van der Waals surface area contributed by atoms with E-state index < -0.39 is 0 Å². The molecule has 0 aliphatic heterocycles. The van der Waals surface area contributed by atoms with Gasteiger partial charge in [0.1, 0.15) is 11.6 Å². The highest BCUT2D eigenvalue weighted by molar-refractivity contribution is 5.22. The third-order valence-corrected chi connectivity index (χ3v) is 1.94. The summed E-state index contributed by atoms with van der Waals surface area (Å²) in [5.41, 5.74) is 0. The van der Waals surface area contributed by atoms with E-state index in [9.17, 15) is 4.39 Å². The molecule has 80 valence electrons. The molecule has 0 unspecified atom stereocenters. The SMILES string of the molecule is CC#CCCCCOc1cccc(F)c1. The van der Waals surface area contributed by atoms with Gasteiger partial charge in [-0.3, -0.25) is 0 Å². The van der Waals surface area contributed by atoms with E-state index in [4.69, 9.17) is 4.74 Å². The van der Waals surface area contributed by atoms with Crippen molar-refractivity contribution in [1.29, 1.82) is 0 Å². The Kier molecular flexibility index (Phi) is 5.32. The summed E-state index contributed by atoms with van der Waals surface area (Å²) in [4.78, 5) is 0. The first-order valence-corrected chi connectivity index (χ1v) is 5.11. The van der Waals surface area contributed by atoms with Crippen molar-refractivity contribution < 1.29 is 9.13 Å². The predicted octanol–water partition coefficient (Wildman–Crippen LogP) is 3.40. The zero-order valence-corrected chi connectivity index (χ0v) is 8.92. The Hall–Kier alpha value is -1.49. The Morgan fingerprint density at radius 2 is 2.20 bits per heavy atom. The quantitative estimate of drug-likeness (QED) is 0.530. The molecule has 0 aliphatic rings. The van der Waals surface area contributed by atoms with Gasteiger partial charge in [-0.2, -0.15) is 0 Å². The molecule has 0 heterocycles. The Morgan fingerprint density at radius 3 is 2.93 bits per heavy atom. The van der Waals surface area contributed by atoms with Crippen molar-refractivity contribution >= 4 is 0 Å². The van der Waals surface area contributed by atoms with E-state index in [1.165, 1.54) is 12.1 Å². The molecule has 0 bridgehead atoms. The Morgan fingerprint density at radius 1 is 1.33 bits per heavy atom. The molecule has 15 heavy (non-hydrogen) atoms. The Labute approximate surface area is 90.3 Å². The zero-order chi connectivity index (χ0) is 10.9. The van der Waals surface area contributed by atoms with E-state index >= 15 is 0 Å². The lowest BCUT2D eigenvalue weighted by molar-refractivity contribution is 0.306. The lowest BCUT2D eigenvalue weighted by atomic mass is 10.2. The summed E-state index contributed by atoms with van der Waals surface area (Å²) >= 11 is 0. The van der Waals surface area contributed by atoms with E-state index in [2.05, 4.69) is 11.8 Å². The van der Waals surface area contributed by atoms with E-state index in [1.807, 2.05) is 6.92 Å². The second-order valence-electron chi connectivity index (χ2n) is 3.19. The van der Waals surface area contributed by atoms with Crippen LogP contribution in [-0.2, 0) is 0 Å². The lowest BCUT2D eigenvalue weighted by Gasteiger charge is -2.04. The molecule has 1 aromatic carbocycles. The number of hydrogen-bond acceptors (Lipinski definition) is 1. The number of ether oxygens (including phenoxy) is 1. The Balaban J connectivity index is 2.16. The maximum atomic E-state index is 12.7. The summed E-state index contributed by atoms with van der Waals surface area (Å²) in [5.74, 6) is 6.17. The molecular formula is C13H15FO. The van der Waals surface area contributed by atoms with Crippen LogP contribution in [0.4, 0.5) is 4.39 Å². The van der Waals surface area contributed by atoms with E-state index in [0.717, 1.165) is 19.3 Å². The van der Waals surface area contributed by atoms with Crippen molar-refractivity contribution in [3.63, 3.8) is 0 Å². The van der Waals surface area contributed by atoms with Crippen LogP contribution in [0, 0.1) is 17.7 Å². The fraction of sp³-hybridized carbons (Fsp3) is 0.385. The van der Waals surface area contributed by atoms with Crippen molar-refractivity contribution in [2.24, 2.45) is 0 Å². The van der Waals surface area contributed by atoms with Crippen LogP contribution in [0.3, 0.4) is 0 Å². The van der Waals surface area contributed by atoms with Gasteiger partial charge in [-0.05, 0) is 31.9 Å². The second-order valence-corrected chi connectivity index (χ2v) is 3.19. The van der Waals surface area contributed by atoms with E-state index in [1.54, 1.807) is 12.1 Å². The van der Waals surface area contributed by atoms with Crippen molar-refractivity contribution in [3.8, 4) is 17.6 Å². The Bertz CT molecular complexity index is 349. The number of rotatable bonds is 5. The van der Waals surface area contributed by atoms with Gasteiger partial charge in [0.05, 0.1) is 6.61 Å². The first kappa shape index (κ1) is 11.6. The van der Waals surface area contributed by atoms with Crippen LogP contribution >= 0.6 is 0 Å². The molecule has 0 saturated carbocycles.